The molecule has 6 heteroatoms. The smallest absolute Gasteiger partial charge is 0.348 e. The van der Waals surface area contributed by atoms with Crippen molar-refractivity contribution in [2.45, 2.75) is 45.7 Å². The van der Waals surface area contributed by atoms with Crippen LogP contribution in [-0.2, 0) is 11.3 Å². The summed E-state index contributed by atoms with van der Waals surface area (Å²) in [6.07, 6.45) is 3.66. The molecule has 0 aliphatic carbocycles. The topological polar surface area (TPSA) is 67.2 Å². The zero-order valence-corrected chi connectivity index (χ0v) is 16.1. The summed E-state index contributed by atoms with van der Waals surface area (Å²) in [7, 11) is 0. The lowest BCUT2D eigenvalue weighted by Crippen LogP contribution is -2.42. The minimum Gasteiger partial charge on any atom is -0.353 e. The lowest BCUT2D eigenvalue weighted by Gasteiger charge is -2.35. The highest BCUT2D eigenvalue weighted by Crippen LogP contribution is 2.23. The van der Waals surface area contributed by atoms with Gasteiger partial charge in [0.15, 0.2) is 0 Å². The van der Waals surface area contributed by atoms with Gasteiger partial charge in [-0.15, -0.1) is 0 Å². The van der Waals surface area contributed by atoms with Crippen molar-refractivity contribution in [3.8, 4) is 0 Å². The Kier molecular flexibility index (Phi) is 6.40. The van der Waals surface area contributed by atoms with E-state index < -0.39 is 0 Å². The average molecular weight is 368 g/mol. The zero-order valence-electron chi connectivity index (χ0n) is 16.1. The Labute approximate surface area is 160 Å². The average Bonchev–Trinajstić information content (AvgIpc) is 2.66. The highest BCUT2D eigenvalue weighted by atomic mass is 16.2. The van der Waals surface area contributed by atoms with E-state index in [1.54, 1.807) is 6.92 Å². The number of nitrogens with one attached hydrogen (secondary N) is 1. The van der Waals surface area contributed by atoms with Gasteiger partial charge >= 0.3 is 5.69 Å². The van der Waals surface area contributed by atoms with Gasteiger partial charge < -0.3 is 5.32 Å². The lowest BCUT2D eigenvalue weighted by atomic mass is 10.0. The number of piperidine rings is 1. The molecule has 0 spiro atoms. The summed E-state index contributed by atoms with van der Waals surface area (Å²) in [5.41, 5.74) is 2.25. The molecule has 1 aliphatic rings. The number of aryl methyl sites for hydroxylation is 2. The molecule has 2 heterocycles. The Morgan fingerprint density at radius 3 is 2.52 bits per heavy atom. The Balaban J connectivity index is 1.68. The third kappa shape index (κ3) is 5.04. The number of amides is 1. The molecule has 1 fully saturated rings. The fourth-order valence-corrected chi connectivity index (χ4v) is 3.74. The molecule has 2 aromatic rings. The standard InChI is InChI=1S/C21H28N4O2/c1-16-13-17(2)25(21(27)23-16)15-20(26)22-14-19(18-9-5-3-6-10-18)24-11-7-4-8-12-24/h3,5-6,9-10,13,19H,4,7-8,11-12,14-15H2,1-2H3,(H,22,26)/t19-/m1/s1. The van der Waals surface area contributed by atoms with Crippen LogP contribution in [0.3, 0.4) is 0 Å². The number of nitrogens with zero attached hydrogens (tertiary/aromatic N) is 3. The lowest BCUT2D eigenvalue weighted by molar-refractivity contribution is -0.122. The summed E-state index contributed by atoms with van der Waals surface area (Å²) in [6.45, 7) is 6.24. The van der Waals surface area contributed by atoms with Crippen LogP contribution in [0.4, 0.5) is 0 Å². The maximum atomic E-state index is 12.5. The van der Waals surface area contributed by atoms with Gasteiger partial charge in [-0.2, -0.15) is 4.98 Å². The van der Waals surface area contributed by atoms with Crippen molar-refractivity contribution in [2.75, 3.05) is 19.6 Å². The number of carbonyl (C=O) groups excluding carboxylic acids is 1. The number of benzene rings is 1. The molecule has 1 amide bonds. The molecule has 144 valence electrons. The molecule has 3 rings (SSSR count). The van der Waals surface area contributed by atoms with Crippen LogP contribution in [0.15, 0.2) is 41.2 Å². The number of rotatable bonds is 6. The molecular formula is C21H28N4O2. The fourth-order valence-electron chi connectivity index (χ4n) is 3.74. The molecule has 1 aromatic carbocycles. The highest BCUT2D eigenvalue weighted by molar-refractivity contribution is 5.75. The first-order valence-corrected chi connectivity index (χ1v) is 9.65. The van der Waals surface area contributed by atoms with Crippen LogP contribution in [0, 0.1) is 13.8 Å². The molecule has 0 radical (unpaired) electrons. The third-order valence-corrected chi connectivity index (χ3v) is 5.16. The van der Waals surface area contributed by atoms with Crippen LogP contribution >= 0.6 is 0 Å². The summed E-state index contributed by atoms with van der Waals surface area (Å²) in [5.74, 6) is -0.163. The van der Waals surface area contributed by atoms with Crippen LogP contribution in [0.25, 0.3) is 0 Å². The summed E-state index contributed by atoms with van der Waals surface area (Å²) in [5, 5.41) is 3.03. The van der Waals surface area contributed by atoms with Gasteiger partial charge in [0.25, 0.3) is 0 Å². The second kappa shape index (κ2) is 8.95. The molecule has 1 atom stereocenters. The first-order chi connectivity index (χ1) is 13.0. The fraction of sp³-hybridized carbons (Fsp3) is 0.476. The van der Waals surface area contributed by atoms with E-state index >= 15 is 0 Å². The Morgan fingerprint density at radius 2 is 1.85 bits per heavy atom. The monoisotopic (exact) mass is 368 g/mol. The van der Waals surface area contributed by atoms with E-state index in [0.29, 0.717) is 12.2 Å². The molecule has 1 aliphatic heterocycles. The minimum absolute atomic E-state index is 0.000539. The number of likely N-dealkylation sites (tertiary alicyclic amines) is 1. The first kappa shape index (κ1) is 19.3. The van der Waals surface area contributed by atoms with Crippen molar-refractivity contribution in [1.29, 1.82) is 0 Å². The van der Waals surface area contributed by atoms with Crippen molar-refractivity contribution in [3.05, 3.63) is 63.8 Å². The van der Waals surface area contributed by atoms with Gasteiger partial charge in [-0.1, -0.05) is 36.8 Å². The predicted molar refractivity (Wildman–Crippen MR) is 106 cm³/mol. The third-order valence-electron chi connectivity index (χ3n) is 5.16. The van der Waals surface area contributed by atoms with Crippen molar-refractivity contribution in [2.24, 2.45) is 0 Å². The second-order valence-corrected chi connectivity index (χ2v) is 7.23. The van der Waals surface area contributed by atoms with Gasteiger partial charge in [0, 0.05) is 17.9 Å². The van der Waals surface area contributed by atoms with Gasteiger partial charge in [-0.3, -0.25) is 14.3 Å². The van der Waals surface area contributed by atoms with Gasteiger partial charge in [-0.05, 0) is 51.4 Å². The van der Waals surface area contributed by atoms with Crippen LogP contribution < -0.4 is 11.0 Å². The summed E-state index contributed by atoms with van der Waals surface area (Å²) in [6, 6.07) is 12.3. The number of aromatic nitrogens is 2. The van der Waals surface area contributed by atoms with E-state index in [9.17, 15) is 9.59 Å². The predicted octanol–water partition coefficient (Wildman–Crippen LogP) is 2.20. The van der Waals surface area contributed by atoms with E-state index in [2.05, 4.69) is 27.3 Å². The molecule has 1 saturated heterocycles. The number of hydrogen-bond donors (Lipinski definition) is 1. The van der Waals surface area contributed by atoms with Crippen LogP contribution in [0.5, 0.6) is 0 Å². The highest BCUT2D eigenvalue weighted by Gasteiger charge is 2.22. The summed E-state index contributed by atoms with van der Waals surface area (Å²) >= 11 is 0. The molecule has 27 heavy (non-hydrogen) atoms. The first-order valence-electron chi connectivity index (χ1n) is 9.65. The molecule has 0 saturated carbocycles. The molecule has 1 N–H and O–H groups in total. The molecule has 1 aromatic heterocycles. The van der Waals surface area contributed by atoms with E-state index in [0.717, 1.165) is 18.8 Å². The largest absolute Gasteiger partial charge is 0.353 e. The zero-order chi connectivity index (χ0) is 19.2. The molecule has 0 bridgehead atoms. The van der Waals surface area contributed by atoms with Gasteiger partial charge in [-0.25, -0.2) is 4.79 Å². The number of carbonyl (C=O) groups is 1. The van der Waals surface area contributed by atoms with E-state index in [1.165, 1.54) is 29.4 Å². The van der Waals surface area contributed by atoms with Crippen LogP contribution in [0.1, 0.15) is 42.3 Å². The maximum Gasteiger partial charge on any atom is 0.348 e. The van der Waals surface area contributed by atoms with Crippen molar-refractivity contribution < 1.29 is 4.79 Å². The molecular weight excluding hydrogens is 340 g/mol. The minimum atomic E-state index is -0.377. The molecule has 6 nitrogen and oxygen atoms in total. The van der Waals surface area contributed by atoms with Crippen LogP contribution in [-0.4, -0.2) is 40.0 Å². The second-order valence-electron chi connectivity index (χ2n) is 7.23. The van der Waals surface area contributed by atoms with Gasteiger partial charge in [0.05, 0.1) is 6.04 Å². The van der Waals surface area contributed by atoms with E-state index in [1.807, 2.05) is 31.2 Å². The van der Waals surface area contributed by atoms with Crippen molar-refractivity contribution >= 4 is 5.91 Å². The van der Waals surface area contributed by atoms with Gasteiger partial charge in [0.1, 0.15) is 6.54 Å². The Hall–Kier alpha value is -2.47. The summed E-state index contributed by atoms with van der Waals surface area (Å²) in [4.78, 5) is 30.9. The van der Waals surface area contributed by atoms with Crippen LogP contribution in [0.2, 0.25) is 0 Å². The van der Waals surface area contributed by atoms with E-state index in [-0.39, 0.29) is 24.2 Å². The van der Waals surface area contributed by atoms with E-state index in [4.69, 9.17) is 0 Å². The number of hydrogen-bond acceptors (Lipinski definition) is 4. The molecule has 0 unspecified atom stereocenters. The van der Waals surface area contributed by atoms with Crippen molar-refractivity contribution in [1.82, 2.24) is 19.8 Å². The Morgan fingerprint density at radius 1 is 1.15 bits per heavy atom. The van der Waals surface area contributed by atoms with Crippen molar-refractivity contribution in [3.63, 3.8) is 0 Å². The van der Waals surface area contributed by atoms with Gasteiger partial charge in [0.2, 0.25) is 5.91 Å². The maximum absolute atomic E-state index is 12.5. The Bertz CT molecular complexity index is 826. The SMILES string of the molecule is Cc1cc(C)n(CC(=O)NC[C@H](c2ccccc2)N2CCCCC2)c(=O)n1. The quantitative estimate of drug-likeness (QED) is 0.849. The summed E-state index contributed by atoms with van der Waals surface area (Å²) < 4.78 is 1.42. The normalized spacial score (nSPS) is 16.1.